The zero-order valence-electron chi connectivity index (χ0n) is 11.3. The predicted octanol–water partition coefficient (Wildman–Crippen LogP) is 3.42. The van der Waals surface area contributed by atoms with Crippen molar-refractivity contribution < 1.29 is 14.3 Å². The van der Waals surface area contributed by atoms with Crippen molar-refractivity contribution in [2.75, 3.05) is 19.5 Å². The van der Waals surface area contributed by atoms with E-state index in [1.54, 1.807) is 49.8 Å². The number of hydrogen-bond acceptors (Lipinski definition) is 4. The van der Waals surface area contributed by atoms with E-state index in [1.165, 1.54) is 6.08 Å². The van der Waals surface area contributed by atoms with Crippen molar-refractivity contribution >= 4 is 29.0 Å². The minimum absolute atomic E-state index is 0.191. The fourth-order valence-corrected chi connectivity index (χ4v) is 2.27. The molecular formula is C15H15NO3S. The van der Waals surface area contributed by atoms with E-state index < -0.39 is 0 Å². The van der Waals surface area contributed by atoms with Crippen molar-refractivity contribution in [2.45, 2.75) is 0 Å². The van der Waals surface area contributed by atoms with Gasteiger partial charge < -0.3 is 14.8 Å². The number of methoxy groups -OCH3 is 2. The van der Waals surface area contributed by atoms with Gasteiger partial charge in [-0.15, -0.1) is 0 Å². The quantitative estimate of drug-likeness (QED) is 0.858. The first-order valence-corrected chi connectivity index (χ1v) is 6.90. The van der Waals surface area contributed by atoms with Crippen molar-refractivity contribution in [3.8, 4) is 11.5 Å². The number of carbonyl (C=O) groups excluding carboxylic acids is 1. The van der Waals surface area contributed by atoms with Crippen molar-refractivity contribution in [2.24, 2.45) is 0 Å². The highest BCUT2D eigenvalue weighted by atomic mass is 32.1. The second-order valence-corrected chi connectivity index (χ2v) is 4.73. The Morgan fingerprint density at radius 1 is 1.20 bits per heavy atom. The lowest BCUT2D eigenvalue weighted by atomic mass is 10.2. The van der Waals surface area contributed by atoms with Crippen molar-refractivity contribution in [3.63, 3.8) is 0 Å². The normalized spacial score (nSPS) is 10.5. The van der Waals surface area contributed by atoms with Crippen LogP contribution in [0.1, 0.15) is 5.56 Å². The number of rotatable bonds is 5. The largest absolute Gasteiger partial charge is 0.493 e. The maximum atomic E-state index is 11.8. The Kier molecular flexibility index (Phi) is 4.79. The van der Waals surface area contributed by atoms with E-state index in [9.17, 15) is 4.79 Å². The van der Waals surface area contributed by atoms with Crippen molar-refractivity contribution in [3.05, 3.63) is 46.7 Å². The minimum atomic E-state index is -0.191. The Balaban J connectivity index is 2.04. The summed E-state index contributed by atoms with van der Waals surface area (Å²) < 4.78 is 10.3. The van der Waals surface area contributed by atoms with Crippen molar-refractivity contribution in [1.82, 2.24) is 0 Å². The van der Waals surface area contributed by atoms with Gasteiger partial charge in [0.2, 0.25) is 5.91 Å². The van der Waals surface area contributed by atoms with Crippen LogP contribution in [0.4, 0.5) is 5.69 Å². The van der Waals surface area contributed by atoms with E-state index in [4.69, 9.17) is 9.47 Å². The molecule has 1 amide bonds. The summed E-state index contributed by atoms with van der Waals surface area (Å²) in [6.45, 7) is 0. The Hall–Kier alpha value is -2.27. The molecule has 0 radical (unpaired) electrons. The topological polar surface area (TPSA) is 47.6 Å². The number of benzene rings is 1. The van der Waals surface area contributed by atoms with Crippen LogP contribution in [0.5, 0.6) is 11.5 Å². The number of thiophene rings is 1. The summed E-state index contributed by atoms with van der Waals surface area (Å²) in [7, 11) is 3.12. The molecule has 1 heterocycles. The van der Waals surface area contributed by atoms with Gasteiger partial charge in [-0.05, 0) is 40.6 Å². The van der Waals surface area contributed by atoms with Crippen LogP contribution in [0.3, 0.4) is 0 Å². The van der Waals surface area contributed by atoms with Gasteiger partial charge in [0.25, 0.3) is 0 Å². The highest BCUT2D eigenvalue weighted by molar-refractivity contribution is 7.08. The Morgan fingerprint density at radius 2 is 2.00 bits per heavy atom. The molecular weight excluding hydrogens is 274 g/mol. The number of carbonyl (C=O) groups is 1. The molecule has 4 nitrogen and oxygen atoms in total. The third-order valence-electron chi connectivity index (χ3n) is 2.62. The summed E-state index contributed by atoms with van der Waals surface area (Å²) in [6.07, 6.45) is 3.27. The van der Waals surface area contributed by atoms with E-state index in [0.29, 0.717) is 17.2 Å². The molecule has 104 valence electrons. The molecule has 0 fully saturated rings. The zero-order valence-corrected chi connectivity index (χ0v) is 12.1. The summed E-state index contributed by atoms with van der Waals surface area (Å²) in [5, 5.41) is 6.71. The first-order valence-electron chi connectivity index (χ1n) is 5.96. The molecule has 2 aromatic rings. The molecule has 0 aliphatic rings. The molecule has 1 N–H and O–H groups in total. The zero-order chi connectivity index (χ0) is 14.4. The van der Waals surface area contributed by atoms with E-state index in [0.717, 1.165) is 5.56 Å². The summed E-state index contributed by atoms with van der Waals surface area (Å²) in [5.74, 6) is 1.01. The van der Waals surface area contributed by atoms with E-state index in [-0.39, 0.29) is 5.91 Å². The monoisotopic (exact) mass is 289 g/mol. The van der Waals surface area contributed by atoms with Crippen LogP contribution in [0.15, 0.2) is 41.1 Å². The van der Waals surface area contributed by atoms with Gasteiger partial charge in [0.1, 0.15) is 0 Å². The highest BCUT2D eigenvalue weighted by Gasteiger charge is 2.05. The molecule has 0 bridgehead atoms. The lowest BCUT2D eigenvalue weighted by molar-refractivity contribution is -0.111. The average molecular weight is 289 g/mol. The van der Waals surface area contributed by atoms with Crippen LogP contribution < -0.4 is 14.8 Å². The number of ether oxygens (including phenoxy) is 2. The Labute approximate surface area is 121 Å². The fourth-order valence-electron chi connectivity index (χ4n) is 1.64. The summed E-state index contributed by atoms with van der Waals surface area (Å²) in [6, 6.07) is 7.18. The van der Waals surface area contributed by atoms with Gasteiger partial charge in [-0.1, -0.05) is 0 Å². The molecule has 5 heteroatoms. The Bertz CT molecular complexity index is 606. The number of hydrogen-bond donors (Lipinski definition) is 1. The molecule has 0 aliphatic heterocycles. The number of amides is 1. The van der Waals surface area contributed by atoms with Crippen LogP contribution in [0, 0.1) is 0 Å². The molecule has 1 aromatic heterocycles. The molecule has 1 aromatic carbocycles. The standard InChI is InChI=1S/C15H15NO3S/c1-18-13-5-4-12(9-14(13)19-2)16-15(17)6-3-11-7-8-20-10-11/h3-10H,1-2H3,(H,16,17)/b6-3+. The summed E-state index contributed by atoms with van der Waals surface area (Å²) in [5.41, 5.74) is 1.67. The van der Waals surface area contributed by atoms with E-state index in [1.807, 2.05) is 16.8 Å². The van der Waals surface area contributed by atoms with Gasteiger partial charge in [-0.2, -0.15) is 11.3 Å². The number of anilines is 1. The van der Waals surface area contributed by atoms with Gasteiger partial charge in [-0.25, -0.2) is 0 Å². The van der Waals surface area contributed by atoms with Gasteiger partial charge >= 0.3 is 0 Å². The fraction of sp³-hybridized carbons (Fsp3) is 0.133. The smallest absolute Gasteiger partial charge is 0.248 e. The Morgan fingerprint density at radius 3 is 2.65 bits per heavy atom. The second kappa shape index (κ2) is 6.77. The van der Waals surface area contributed by atoms with Crippen LogP contribution in [-0.4, -0.2) is 20.1 Å². The SMILES string of the molecule is COc1ccc(NC(=O)/C=C/c2ccsc2)cc1OC. The van der Waals surface area contributed by atoms with Crippen LogP contribution in [0.2, 0.25) is 0 Å². The second-order valence-electron chi connectivity index (χ2n) is 3.95. The maximum absolute atomic E-state index is 11.8. The van der Waals surface area contributed by atoms with Gasteiger partial charge in [0, 0.05) is 17.8 Å². The maximum Gasteiger partial charge on any atom is 0.248 e. The highest BCUT2D eigenvalue weighted by Crippen LogP contribution is 2.29. The molecule has 20 heavy (non-hydrogen) atoms. The third-order valence-corrected chi connectivity index (χ3v) is 3.32. The van der Waals surface area contributed by atoms with Crippen molar-refractivity contribution in [1.29, 1.82) is 0 Å². The van der Waals surface area contributed by atoms with E-state index >= 15 is 0 Å². The van der Waals surface area contributed by atoms with Crippen LogP contribution in [-0.2, 0) is 4.79 Å². The third kappa shape index (κ3) is 3.61. The molecule has 2 rings (SSSR count). The van der Waals surface area contributed by atoms with E-state index in [2.05, 4.69) is 5.32 Å². The molecule has 0 unspecified atom stereocenters. The van der Waals surface area contributed by atoms with Crippen LogP contribution in [0.25, 0.3) is 6.08 Å². The van der Waals surface area contributed by atoms with Gasteiger partial charge in [0.05, 0.1) is 14.2 Å². The van der Waals surface area contributed by atoms with Crippen LogP contribution >= 0.6 is 11.3 Å². The minimum Gasteiger partial charge on any atom is -0.493 e. The molecule has 0 saturated carbocycles. The molecule has 0 aliphatic carbocycles. The number of nitrogens with one attached hydrogen (secondary N) is 1. The first kappa shape index (κ1) is 14.1. The lowest BCUT2D eigenvalue weighted by Crippen LogP contribution is -2.07. The summed E-state index contributed by atoms with van der Waals surface area (Å²) >= 11 is 1.59. The van der Waals surface area contributed by atoms with Gasteiger partial charge in [-0.3, -0.25) is 4.79 Å². The molecule has 0 saturated heterocycles. The summed E-state index contributed by atoms with van der Waals surface area (Å²) in [4.78, 5) is 11.8. The lowest BCUT2D eigenvalue weighted by Gasteiger charge is -2.09. The average Bonchev–Trinajstić information content (AvgIpc) is 2.98. The first-order chi connectivity index (χ1) is 9.72. The molecule has 0 atom stereocenters. The predicted molar refractivity (Wildman–Crippen MR) is 81.5 cm³/mol. The van der Waals surface area contributed by atoms with Gasteiger partial charge in [0.15, 0.2) is 11.5 Å². The molecule has 0 spiro atoms.